The van der Waals surface area contributed by atoms with Crippen LogP contribution in [0.25, 0.3) is 0 Å². The second-order valence-corrected chi connectivity index (χ2v) is 4.56. The van der Waals surface area contributed by atoms with Crippen molar-refractivity contribution in [3.63, 3.8) is 0 Å². The summed E-state index contributed by atoms with van der Waals surface area (Å²) in [7, 11) is 0. The Labute approximate surface area is 88.4 Å². The lowest BCUT2D eigenvalue weighted by Gasteiger charge is -2.38. The van der Waals surface area contributed by atoms with Crippen LogP contribution < -0.4 is 5.32 Å². The minimum atomic E-state index is 0.331. The largest absolute Gasteiger partial charge is 0.310 e. The second-order valence-electron chi connectivity index (χ2n) is 4.56. The van der Waals surface area contributed by atoms with Crippen molar-refractivity contribution in [2.24, 2.45) is 0 Å². The van der Waals surface area contributed by atoms with Crippen molar-refractivity contribution in [3.05, 3.63) is 12.7 Å². The van der Waals surface area contributed by atoms with Gasteiger partial charge >= 0.3 is 0 Å². The maximum absolute atomic E-state index is 3.80. The third kappa shape index (κ3) is 3.43. The van der Waals surface area contributed by atoms with Crippen molar-refractivity contribution in [1.82, 2.24) is 10.2 Å². The van der Waals surface area contributed by atoms with Gasteiger partial charge in [-0.2, -0.15) is 0 Å². The molecule has 0 aromatic heterocycles. The molecule has 0 aliphatic carbocycles. The molecule has 0 bridgehead atoms. The number of nitrogens with zero attached hydrogens (tertiary/aromatic N) is 1. The summed E-state index contributed by atoms with van der Waals surface area (Å²) < 4.78 is 0. The molecule has 0 spiro atoms. The van der Waals surface area contributed by atoms with Crippen LogP contribution in [0.15, 0.2) is 12.7 Å². The van der Waals surface area contributed by atoms with E-state index in [1.54, 1.807) is 0 Å². The Morgan fingerprint density at radius 1 is 1.50 bits per heavy atom. The zero-order valence-corrected chi connectivity index (χ0v) is 9.68. The topological polar surface area (TPSA) is 15.3 Å². The van der Waals surface area contributed by atoms with E-state index in [1.807, 2.05) is 6.08 Å². The van der Waals surface area contributed by atoms with Gasteiger partial charge < -0.3 is 5.32 Å². The lowest BCUT2D eigenvalue weighted by molar-refractivity contribution is 0.180. The summed E-state index contributed by atoms with van der Waals surface area (Å²) in [5.41, 5.74) is 0.331. The first-order chi connectivity index (χ1) is 6.70. The first-order valence-corrected chi connectivity index (χ1v) is 5.78. The zero-order chi connectivity index (χ0) is 10.4. The number of likely N-dealkylation sites (N-methyl/N-ethyl adjacent to an activating group) is 1. The first kappa shape index (κ1) is 11.7. The van der Waals surface area contributed by atoms with Crippen molar-refractivity contribution in [2.75, 3.05) is 26.2 Å². The first-order valence-electron chi connectivity index (χ1n) is 5.78. The maximum atomic E-state index is 3.80. The fourth-order valence-electron chi connectivity index (χ4n) is 2.24. The number of rotatable bonds is 5. The third-order valence-corrected chi connectivity index (χ3v) is 3.11. The minimum absolute atomic E-state index is 0.331. The Balaban J connectivity index is 2.41. The number of piperidine rings is 1. The Morgan fingerprint density at radius 2 is 2.29 bits per heavy atom. The molecule has 1 saturated heterocycles. The fourth-order valence-corrected chi connectivity index (χ4v) is 2.24. The number of hydrogen-bond donors (Lipinski definition) is 1. The van der Waals surface area contributed by atoms with Crippen molar-refractivity contribution < 1.29 is 0 Å². The summed E-state index contributed by atoms with van der Waals surface area (Å²) in [5.74, 6) is 0. The highest BCUT2D eigenvalue weighted by atomic mass is 15.2. The van der Waals surface area contributed by atoms with Gasteiger partial charge in [-0.3, -0.25) is 4.90 Å². The standard InChI is InChI=1S/C12H24N2/c1-4-10-14(5-2)11-12(3)8-6-7-9-13-12/h4,13H,1,5-11H2,2-3H3. The molecule has 1 aliphatic rings. The van der Waals surface area contributed by atoms with Gasteiger partial charge in [0.05, 0.1) is 0 Å². The van der Waals surface area contributed by atoms with Gasteiger partial charge in [0.1, 0.15) is 0 Å². The highest BCUT2D eigenvalue weighted by Gasteiger charge is 2.27. The van der Waals surface area contributed by atoms with Gasteiger partial charge in [0.25, 0.3) is 0 Å². The van der Waals surface area contributed by atoms with E-state index in [9.17, 15) is 0 Å². The molecule has 0 aromatic rings. The van der Waals surface area contributed by atoms with Crippen LogP contribution in [0.2, 0.25) is 0 Å². The van der Waals surface area contributed by atoms with Crippen LogP contribution in [-0.2, 0) is 0 Å². The molecule has 1 fully saturated rings. The van der Waals surface area contributed by atoms with E-state index in [1.165, 1.54) is 25.8 Å². The van der Waals surface area contributed by atoms with Crippen LogP contribution in [0.5, 0.6) is 0 Å². The predicted molar refractivity (Wildman–Crippen MR) is 62.6 cm³/mol. The van der Waals surface area contributed by atoms with Gasteiger partial charge in [-0.15, -0.1) is 6.58 Å². The van der Waals surface area contributed by atoms with E-state index in [4.69, 9.17) is 0 Å². The summed E-state index contributed by atoms with van der Waals surface area (Å²) in [5, 5.41) is 3.64. The Kier molecular flexibility index (Phi) is 4.63. The van der Waals surface area contributed by atoms with E-state index in [-0.39, 0.29) is 0 Å². The van der Waals surface area contributed by atoms with Crippen LogP contribution in [-0.4, -0.2) is 36.6 Å². The summed E-state index contributed by atoms with van der Waals surface area (Å²) >= 11 is 0. The summed E-state index contributed by atoms with van der Waals surface area (Å²) in [6.45, 7) is 12.8. The molecule has 1 heterocycles. The summed E-state index contributed by atoms with van der Waals surface area (Å²) in [4.78, 5) is 2.45. The minimum Gasteiger partial charge on any atom is -0.310 e. The fraction of sp³-hybridized carbons (Fsp3) is 0.833. The molecule has 1 unspecified atom stereocenters. The molecule has 0 radical (unpaired) electrons. The molecule has 0 aromatic carbocycles. The van der Waals surface area contributed by atoms with Crippen LogP contribution in [0.4, 0.5) is 0 Å². The number of nitrogens with one attached hydrogen (secondary N) is 1. The van der Waals surface area contributed by atoms with Crippen LogP contribution in [0.3, 0.4) is 0 Å². The molecule has 1 rings (SSSR count). The molecular weight excluding hydrogens is 172 g/mol. The third-order valence-electron chi connectivity index (χ3n) is 3.11. The Morgan fingerprint density at radius 3 is 2.79 bits per heavy atom. The Bertz CT molecular complexity index is 171. The molecule has 82 valence electrons. The quantitative estimate of drug-likeness (QED) is 0.677. The molecule has 1 N–H and O–H groups in total. The van der Waals surface area contributed by atoms with E-state index in [2.05, 4.69) is 30.6 Å². The molecular formula is C12H24N2. The molecule has 1 atom stereocenters. The lowest BCUT2D eigenvalue weighted by Crippen LogP contribution is -2.53. The second kappa shape index (κ2) is 5.52. The molecule has 2 heteroatoms. The lowest BCUT2D eigenvalue weighted by atomic mass is 9.90. The van der Waals surface area contributed by atoms with E-state index < -0.39 is 0 Å². The normalized spacial score (nSPS) is 27.9. The van der Waals surface area contributed by atoms with E-state index in [0.717, 1.165) is 19.6 Å². The maximum Gasteiger partial charge on any atom is 0.0280 e. The number of hydrogen-bond acceptors (Lipinski definition) is 2. The molecule has 0 saturated carbocycles. The van der Waals surface area contributed by atoms with Crippen molar-refractivity contribution in [2.45, 2.75) is 38.6 Å². The molecule has 2 nitrogen and oxygen atoms in total. The van der Waals surface area contributed by atoms with Gasteiger partial charge in [0, 0.05) is 18.6 Å². The van der Waals surface area contributed by atoms with Gasteiger partial charge in [-0.05, 0) is 32.9 Å². The average molecular weight is 196 g/mol. The van der Waals surface area contributed by atoms with Crippen LogP contribution >= 0.6 is 0 Å². The smallest absolute Gasteiger partial charge is 0.0280 e. The zero-order valence-electron chi connectivity index (χ0n) is 9.68. The highest BCUT2D eigenvalue weighted by Crippen LogP contribution is 2.19. The van der Waals surface area contributed by atoms with Gasteiger partial charge in [0.2, 0.25) is 0 Å². The van der Waals surface area contributed by atoms with Gasteiger partial charge in [0.15, 0.2) is 0 Å². The van der Waals surface area contributed by atoms with Gasteiger partial charge in [-0.25, -0.2) is 0 Å². The van der Waals surface area contributed by atoms with Gasteiger partial charge in [-0.1, -0.05) is 19.4 Å². The summed E-state index contributed by atoms with van der Waals surface area (Å²) in [6, 6.07) is 0. The van der Waals surface area contributed by atoms with Crippen molar-refractivity contribution in [1.29, 1.82) is 0 Å². The molecule has 0 amide bonds. The van der Waals surface area contributed by atoms with E-state index in [0.29, 0.717) is 5.54 Å². The monoisotopic (exact) mass is 196 g/mol. The van der Waals surface area contributed by atoms with Crippen LogP contribution in [0, 0.1) is 0 Å². The summed E-state index contributed by atoms with van der Waals surface area (Å²) in [6.07, 6.45) is 6.01. The van der Waals surface area contributed by atoms with E-state index >= 15 is 0 Å². The molecule has 1 aliphatic heterocycles. The SMILES string of the molecule is C=CCN(CC)CC1(C)CCCCN1. The predicted octanol–water partition coefficient (Wildman–Crippen LogP) is 2.03. The molecule has 14 heavy (non-hydrogen) atoms. The Hall–Kier alpha value is -0.340. The van der Waals surface area contributed by atoms with Crippen molar-refractivity contribution >= 4 is 0 Å². The van der Waals surface area contributed by atoms with Crippen molar-refractivity contribution in [3.8, 4) is 0 Å². The average Bonchev–Trinajstić information content (AvgIpc) is 2.18. The highest BCUT2D eigenvalue weighted by molar-refractivity contribution is 4.90. The van der Waals surface area contributed by atoms with Crippen LogP contribution in [0.1, 0.15) is 33.1 Å².